The molecule has 0 spiro atoms. The fraction of sp³-hybridized carbons (Fsp3) is 0.909. The summed E-state index contributed by atoms with van der Waals surface area (Å²) in [6.07, 6.45) is -6.35. The van der Waals surface area contributed by atoms with Gasteiger partial charge in [0.15, 0.2) is 0 Å². The number of nitrogens with zero attached hydrogens (tertiary/aromatic N) is 2. The van der Waals surface area contributed by atoms with Gasteiger partial charge >= 0.3 is 0 Å². The molecule has 18 heteroatoms. The van der Waals surface area contributed by atoms with Crippen LogP contribution in [0.2, 0.25) is 0 Å². The van der Waals surface area contributed by atoms with E-state index in [-0.39, 0.29) is 20.3 Å². The van der Waals surface area contributed by atoms with Crippen molar-refractivity contribution in [3.05, 3.63) is 12.0 Å². The Labute approximate surface area is 250 Å². The molecular weight excluding hydrogens is 576 g/mol. The summed E-state index contributed by atoms with van der Waals surface area (Å²) in [6, 6.07) is 0. The first kappa shape index (κ1) is 30.6. The maximum Gasteiger partial charge on any atom is 0.235 e. The molecule has 3 heterocycles. The van der Waals surface area contributed by atoms with Crippen LogP contribution < -0.4 is 10.6 Å². The second-order valence-corrected chi connectivity index (χ2v) is 12.9. The molecule has 4 atom stereocenters. The Morgan fingerprint density at radius 1 is 0.850 bits per heavy atom. The molecule has 0 bridgehead atoms. The van der Waals surface area contributed by atoms with Crippen LogP contribution in [0.1, 0.15) is 13.3 Å². The summed E-state index contributed by atoms with van der Waals surface area (Å²) in [4.78, 5) is 0. The highest BCUT2D eigenvalue weighted by Crippen LogP contribution is 2.07. The number of hydrogen-bond acceptors (Lipinski definition) is 14. The van der Waals surface area contributed by atoms with Crippen molar-refractivity contribution in [1.29, 1.82) is 0 Å². The fourth-order valence-corrected chi connectivity index (χ4v) is 5.75. The Balaban J connectivity index is -0.000000205. The van der Waals surface area contributed by atoms with E-state index in [1.165, 1.54) is 8.61 Å². The molecule has 3 fully saturated rings. The molecule has 0 aromatic rings. The number of aliphatic hydroxyl groups is 5. The van der Waals surface area contributed by atoms with E-state index in [0.29, 0.717) is 52.6 Å². The van der Waals surface area contributed by atoms with Gasteiger partial charge in [0.1, 0.15) is 18.3 Å². The summed E-state index contributed by atoms with van der Waals surface area (Å²) in [5, 5.41) is 53.4. The average Bonchev–Trinajstić information content (AvgIpc) is 3.17. The van der Waals surface area contributed by atoms with Crippen LogP contribution in [0, 0.1) is 0 Å². The van der Waals surface area contributed by atoms with Gasteiger partial charge in [0.25, 0.3) is 0 Å². The second-order valence-electron chi connectivity index (χ2n) is 8.92. The highest BCUT2D eigenvalue weighted by molar-refractivity contribution is 7.92. The number of hydrogen-bond donors (Lipinski definition) is 7. The van der Waals surface area contributed by atoms with E-state index in [2.05, 4.69) is 17.2 Å². The standard InChI is InChI=1S/C12H26N2O8S.C6H11NO3S.C4H9NO.5H2/c15-8-10(17)12(19)11(18)9(16)7-13-1-6-23(20,21)14-2-4-22-5-3-14;1-2-11(8,9)7-3-5-10-6-4-7;1-3-6-4-2-5-1;;;;;/h9-13,15-19H,1-8H2;2H,1,3-6H2;5H,1-4H2;5*1H/t9-,10+,11+,12+;;;;;;;/m0......./s1/i;;;4*1+1D;1+1. The van der Waals surface area contributed by atoms with E-state index in [0.717, 1.165) is 31.7 Å². The molecule has 248 valence electrons. The number of aliphatic hydroxyl groups excluding tert-OH is 5. The van der Waals surface area contributed by atoms with Crippen molar-refractivity contribution in [1.82, 2.24) is 19.2 Å². The van der Waals surface area contributed by atoms with Gasteiger partial charge < -0.3 is 50.4 Å². The Morgan fingerprint density at radius 2 is 1.32 bits per heavy atom. The maximum absolute atomic E-state index is 12.0. The van der Waals surface area contributed by atoms with Crippen LogP contribution in [0.15, 0.2) is 12.0 Å². The molecule has 0 aromatic carbocycles. The summed E-state index contributed by atoms with van der Waals surface area (Å²) in [5.74, 6) is -0.169. The molecule has 3 saturated heterocycles. The third-order valence-corrected chi connectivity index (χ3v) is 9.34. The number of rotatable bonds is 12. The third-order valence-electron chi connectivity index (χ3n) is 5.97. The number of ether oxygens (including phenoxy) is 3. The molecule has 0 radical (unpaired) electrons. The monoisotopic (exact) mass is 641 g/mol. The minimum Gasteiger partial charge on any atom is -0.394 e. The molecule has 40 heavy (non-hydrogen) atoms. The van der Waals surface area contributed by atoms with E-state index in [9.17, 15) is 37.3 Å². The van der Waals surface area contributed by atoms with Gasteiger partial charge in [-0.1, -0.05) is 6.58 Å². The van der Waals surface area contributed by atoms with Gasteiger partial charge in [-0.2, -0.15) is 8.61 Å². The van der Waals surface area contributed by atoms with Crippen LogP contribution in [0.4, 0.5) is 0 Å². The minimum absolute atomic E-state index is 0. The molecule has 3 aliphatic heterocycles. The zero-order valence-corrected chi connectivity index (χ0v) is 24.3. The minimum atomic E-state index is -3.41. The summed E-state index contributed by atoms with van der Waals surface area (Å²) < 4.78 is 104. The van der Waals surface area contributed by atoms with E-state index in [4.69, 9.17) is 31.2 Å². The quantitative estimate of drug-likeness (QED) is 0.102. The zero-order valence-electron chi connectivity index (χ0n) is 30.7. The van der Waals surface area contributed by atoms with Gasteiger partial charge in [0, 0.05) is 71.1 Å². The van der Waals surface area contributed by atoms with E-state index < -0.39 is 51.1 Å². The van der Waals surface area contributed by atoms with Gasteiger partial charge in [0.05, 0.1) is 58.1 Å². The Kier molecular flexibility index (Phi) is 15.4. The lowest BCUT2D eigenvalue weighted by atomic mass is 10.0. The van der Waals surface area contributed by atoms with Crippen molar-refractivity contribution in [2.75, 3.05) is 104 Å². The molecule has 0 unspecified atom stereocenters. The maximum atomic E-state index is 12.0. The Bertz CT molecular complexity index is 902. The molecule has 0 aliphatic carbocycles. The molecule has 0 amide bonds. The number of sulfonamides is 2. The van der Waals surface area contributed by atoms with Crippen LogP contribution >= 0.6 is 0 Å². The van der Waals surface area contributed by atoms with Crippen LogP contribution in [0.5, 0.6) is 0 Å². The molecule has 16 nitrogen and oxygen atoms in total. The highest BCUT2D eigenvalue weighted by atomic mass is 32.2. The van der Waals surface area contributed by atoms with E-state index in [1.807, 2.05) is 0 Å². The summed E-state index contributed by atoms with van der Waals surface area (Å²) in [7, 11) is -6.62. The van der Waals surface area contributed by atoms with E-state index in [1.54, 1.807) is 0 Å². The van der Waals surface area contributed by atoms with Crippen molar-refractivity contribution in [3.63, 3.8) is 0 Å². The Morgan fingerprint density at radius 3 is 1.75 bits per heavy atom. The molecule has 3 rings (SSSR count). The van der Waals surface area contributed by atoms with Crippen LogP contribution in [0.3, 0.4) is 0 Å². The molecule has 0 aromatic heterocycles. The predicted molar refractivity (Wildman–Crippen MR) is 156 cm³/mol. The number of nitrogens with one attached hydrogen (secondary N) is 2. The molecular formula is C22H56N4O12S2. The van der Waals surface area contributed by atoms with Gasteiger partial charge in [0.2, 0.25) is 20.0 Å². The lowest BCUT2D eigenvalue weighted by molar-refractivity contribution is -0.113. The van der Waals surface area contributed by atoms with Crippen molar-refractivity contribution >= 4 is 20.0 Å². The van der Waals surface area contributed by atoms with Crippen molar-refractivity contribution < 1.29 is 69.9 Å². The fourth-order valence-electron chi connectivity index (χ4n) is 3.51. The third kappa shape index (κ3) is 14.4. The summed E-state index contributed by atoms with van der Waals surface area (Å²) in [5.41, 5.74) is 0. The lowest BCUT2D eigenvalue weighted by Gasteiger charge is -2.27. The van der Waals surface area contributed by atoms with Crippen molar-refractivity contribution in [2.24, 2.45) is 0 Å². The summed E-state index contributed by atoms with van der Waals surface area (Å²) in [6.45, 7) is 9.40. The highest BCUT2D eigenvalue weighted by Gasteiger charge is 2.30. The summed E-state index contributed by atoms with van der Waals surface area (Å²) >= 11 is 0. The Hall–Kier alpha value is -0.840. The van der Waals surface area contributed by atoms with Crippen LogP contribution in [0.25, 0.3) is 0 Å². The number of morpholine rings is 3. The first-order chi connectivity index (χ1) is 23.0. The molecule has 7 N–H and O–H groups in total. The first-order valence-electron chi connectivity index (χ1n) is 17.0. The first-order valence-corrected chi connectivity index (χ1v) is 16.2. The van der Waals surface area contributed by atoms with Crippen LogP contribution in [-0.4, -0.2) is 180 Å². The van der Waals surface area contributed by atoms with E-state index >= 15 is 0 Å². The van der Waals surface area contributed by atoms with Crippen LogP contribution in [-0.2, 0) is 34.3 Å². The van der Waals surface area contributed by atoms with Crippen molar-refractivity contribution in [3.8, 4) is 0 Å². The molecule has 3 aliphatic rings. The van der Waals surface area contributed by atoms with Gasteiger partial charge in [-0.25, -0.2) is 16.8 Å². The van der Waals surface area contributed by atoms with Gasteiger partial charge in [-0.3, -0.25) is 0 Å². The lowest BCUT2D eigenvalue weighted by Crippen LogP contribution is -2.49. The predicted octanol–water partition coefficient (Wildman–Crippen LogP) is -3.70. The van der Waals surface area contributed by atoms with Gasteiger partial charge in [-0.15, -0.1) is 0 Å². The largest absolute Gasteiger partial charge is 0.394 e. The normalized spacial score (nSPS) is 23.2. The second kappa shape index (κ2) is 20.1. The molecule has 0 saturated carbocycles. The SMILES string of the molecule is C1COCCN1.C=CS(=O)(=O)N1CCOCC1.O=S(=O)(CCNC[C@H](O)[C@@H](O)[C@H](O)[C@H](O)CO)N1CCOCC1.[2HH].[2H][2H].[2H][2H].[2H][2H].[2H][2H]. The zero-order chi connectivity index (χ0) is 38.0. The average molecular weight is 642 g/mol. The topological polar surface area (TPSA) is 228 Å². The van der Waals surface area contributed by atoms with Gasteiger partial charge in [-0.05, 0) is 0 Å². The smallest absolute Gasteiger partial charge is 0.235 e. The van der Waals surface area contributed by atoms with Crippen molar-refractivity contribution in [2.45, 2.75) is 24.4 Å².